The van der Waals surface area contributed by atoms with E-state index in [1.807, 2.05) is 26.0 Å². The number of rotatable bonds is 8. The average molecular weight is 568 g/mol. The number of aromatic nitrogens is 1. The van der Waals surface area contributed by atoms with E-state index in [1.54, 1.807) is 28.4 Å². The molecule has 0 radical (unpaired) electrons. The zero-order valence-electron chi connectivity index (χ0n) is 24.1. The van der Waals surface area contributed by atoms with Gasteiger partial charge in [0.25, 0.3) is 5.91 Å². The van der Waals surface area contributed by atoms with Crippen LogP contribution in [0.2, 0.25) is 0 Å². The Morgan fingerprint density at radius 1 is 1.12 bits per heavy atom. The molecule has 3 aliphatic heterocycles. The highest BCUT2D eigenvalue weighted by Crippen LogP contribution is 2.36. The number of ether oxygens (including phenoxy) is 1. The molecule has 40 heavy (non-hydrogen) atoms. The van der Waals surface area contributed by atoms with Crippen LogP contribution in [0.5, 0.6) is 0 Å². The predicted molar refractivity (Wildman–Crippen MR) is 157 cm³/mol. The van der Waals surface area contributed by atoms with Crippen molar-refractivity contribution >= 4 is 34.1 Å². The zero-order chi connectivity index (χ0) is 28.6. The Balaban J connectivity index is 1.28. The highest BCUT2D eigenvalue weighted by Gasteiger charge is 2.54. The molecule has 2 amide bonds. The number of carbonyl (C=O) groups excluding carboxylic acids is 3. The molecule has 4 heterocycles. The van der Waals surface area contributed by atoms with Crippen molar-refractivity contribution < 1.29 is 19.1 Å². The third-order valence-corrected chi connectivity index (χ3v) is 9.74. The summed E-state index contributed by atoms with van der Waals surface area (Å²) in [7, 11) is 2.14. The minimum Gasteiger partial charge on any atom is -0.367 e. The molecule has 10 heteroatoms. The lowest BCUT2D eigenvalue weighted by Gasteiger charge is -2.32. The smallest absolute Gasteiger partial charge is 0.251 e. The van der Waals surface area contributed by atoms with Crippen molar-refractivity contribution in [3.05, 3.63) is 35.2 Å². The normalized spacial score (nSPS) is 24.9. The summed E-state index contributed by atoms with van der Waals surface area (Å²) in [6, 6.07) is 6.10. The van der Waals surface area contributed by atoms with Gasteiger partial charge in [-0.15, -0.1) is 11.3 Å². The molecule has 3 saturated heterocycles. The summed E-state index contributed by atoms with van der Waals surface area (Å²) >= 11 is 1.64. The van der Waals surface area contributed by atoms with Crippen molar-refractivity contribution in [2.24, 2.45) is 17.8 Å². The van der Waals surface area contributed by atoms with E-state index in [4.69, 9.17) is 9.72 Å². The second-order valence-corrected chi connectivity index (χ2v) is 12.6. The molecule has 0 aliphatic carbocycles. The van der Waals surface area contributed by atoms with Crippen molar-refractivity contribution in [2.45, 2.75) is 52.3 Å². The van der Waals surface area contributed by atoms with E-state index in [0.717, 1.165) is 49.0 Å². The van der Waals surface area contributed by atoms with Crippen LogP contribution in [0.4, 0.5) is 5.13 Å². The molecule has 2 aromatic rings. The van der Waals surface area contributed by atoms with Gasteiger partial charge in [-0.25, -0.2) is 4.98 Å². The van der Waals surface area contributed by atoms with Crippen molar-refractivity contribution in [1.82, 2.24) is 20.1 Å². The lowest BCUT2D eigenvalue weighted by atomic mass is 9.91. The summed E-state index contributed by atoms with van der Waals surface area (Å²) in [6.07, 6.45) is 0.453. The molecule has 0 saturated carbocycles. The number of nitrogens with zero attached hydrogens (tertiary/aromatic N) is 4. The molecule has 0 unspecified atom stereocenters. The number of thiazole rings is 1. The number of carbonyl (C=O) groups is 3. The number of piperazine rings is 1. The molecule has 5 rings (SSSR count). The minimum atomic E-state index is -0.721. The number of fused-ring (bicyclic) bond motifs is 1. The van der Waals surface area contributed by atoms with Crippen LogP contribution in [-0.2, 0) is 14.3 Å². The third kappa shape index (κ3) is 5.66. The first kappa shape index (κ1) is 28.7. The first-order chi connectivity index (χ1) is 19.2. The van der Waals surface area contributed by atoms with Gasteiger partial charge in [-0.2, -0.15) is 0 Å². The van der Waals surface area contributed by atoms with Crippen LogP contribution >= 0.6 is 11.3 Å². The van der Waals surface area contributed by atoms with Gasteiger partial charge >= 0.3 is 0 Å². The summed E-state index contributed by atoms with van der Waals surface area (Å²) < 4.78 is 5.81. The van der Waals surface area contributed by atoms with Crippen molar-refractivity contribution in [3.8, 4) is 11.3 Å². The second kappa shape index (κ2) is 12.0. The van der Waals surface area contributed by atoms with Crippen LogP contribution < -0.4 is 10.2 Å². The monoisotopic (exact) mass is 567 g/mol. The standard InChI is InChI=1S/C30H41N5O4S/c1-6-19(4)25(29(38)35-15-22(18(2)3)27-26(35)24(36)16-39-27)32-28(37)21-9-7-20(8-10-21)23-17-40-30(31-23)34-13-11-33(5)12-14-34/h7-10,17-19,22,25-27H,6,11-16H2,1-5H3,(H,32,37)/t19-,22+,25-,26+,27+/m0/s1. The molecular weight excluding hydrogens is 526 g/mol. The van der Waals surface area contributed by atoms with Crippen LogP contribution in [0, 0.1) is 17.8 Å². The molecule has 1 aromatic carbocycles. The second-order valence-electron chi connectivity index (χ2n) is 11.8. The van der Waals surface area contributed by atoms with E-state index in [2.05, 4.69) is 41.4 Å². The molecule has 5 atom stereocenters. The van der Waals surface area contributed by atoms with Crippen LogP contribution in [0.15, 0.2) is 29.6 Å². The molecular formula is C30H41N5O4S. The van der Waals surface area contributed by atoms with Gasteiger partial charge in [-0.05, 0) is 31.0 Å². The largest absolute Gasteiger partial charge is 0.367 e. The third-order valence-electron chi connectivity index (χ3n) is 8.84. The summed E-state index contributed by atoms with van der Waals surface area (Å²) in [5.41, 5.74) is 2.33. The number of hydrogen-bond acceptors (Lipinski definition) is 8. The maximum atomic E-state index is 13.8. The fraction of sp³-hybridized carbons (Fsp3) is 0.600. The zero-order valence-corrected chi connectivity index (χ0v) is 24.9. The average Bonchev–Trinajstić information content (AvgIpc) is 3.69. The molecule has 3 fully saturated rings. The van der Waals surface area contributed by atoms with Crippen LogP contribution in [0.1, 0.15) is 44.5 Å². The quantitative estimate of drug-likeness (QED) is 0.524. The highest BCUT2D eigenvalue weighted by atomic mass is 32.1. The van der Waals surface area contributed by atoms with Crippen molar-refractivity contribution in [1.29, 1.82) is 0 Å². The minimum absolute atomic E-state index is 0.0465. The lowest BCUT2D eigenvalue weighted by molar-refractivity contribution is -0.139. The Bertz CT molecular complexity index is 1220. The summed E-state index contributed by atoms with van der Waals surface area (Å²) in [5.74, 6) is -0.260. The Kier molecular flexibility index (Phi) is 8.58. The van der Waals surface area contributed by atoms with Crippen LogP contribution in [0.3, 0.4) is 0 Å². The van der Waals surface area contributed by atoms with E-state index >= 15 is 0 Å². The molecule has 0 bridgehead atoms. The van der Waals surface area contributed by atoms with Gasteiger partial charge in [0.15, 0.2) is 10.9 Å². The molecule has 1 aromatic heterocycles. The molecule has 9 nitrogen and oxygen atoms in total. The van der Waals surface area contributed by atoms with Gasteiger partial charge in [-0.1, -0.05) is 46.2 Å². The Morgan fingerprint density at radius 3 is 2.48 bits per heavy atom. The topological polar surface area (TPSA) is 95.1 Å². The van der Waals surface area contributed by atoms with E-state index in [-0.39, 0.29) is 48.1 Å². The molecule has 3 aliphatic rings. The van der Waals surface area contributed by atoms with Gasteiger partial charge in [-0.3, -0.25) is 14.4 Å². The fourth-order valence-electron chi connectivity index (χ4n) is 5.93. The van der Waals surface area contributed by atoms with Crippen LogP contribution in [-0.4, -0.2) is 96.9 Å². The summed E-state index contributed by atoms with van der Waals surface area (Å²) in [6.45, 7) is 12.7. The number of hydrogen-bond donors (Lipinski definition) is 1. The highest BCUT2D eigenvalue weighted by molar-refractivity contribution is 7.14. The first-order valence-electron chi connectivity index (χ1n) is 14.4. The molecule has 216 valence electrons. The number of likely N-dealkylation sites (tertiary alicyclic amines) is 1. The first-order valence-corrected chi connectivity index (χ1v) is 15.3. The Hall–Kier alpha value is -2.82. The van der Waals surface area contributed by atoms with E-state index < -0.39 is 12.1 Å². The maximum absolute atomic E-state index is 13.8. The number of nitrogens with one attached hydrogen (secondary N) is 1. The number of likely N-dealkylation sites (N-methyl/N-ethyl adjacent to an activating group) is 1. The fourth-order valence-corrected chi connectivity index (χ4v) is 6.82. The SMILES string of the molecule is CC[C@H](C)[C@H](NC(=O)c1ccc(-c2csc(N3CCN(C)CC3)n2)cc1)C(=O)N1C[C@H](C(C)C)[C@H]2OCC(=O)[C@H]21. The maximum Gasteiger partial charge on any atom is 0.251 e. The predicted octanol–water partition coefficient (Wildman–Crippen LogP) is 3.16. The van der Waals surface area contributed by atoms with E-state index in [9.17, 15) is 14.4 Å². The van der Waals surface area contributed by atoms with Gasteiger partial charge < -0.3 is 24.8 Å². The lowest BCUT2D eigenvalue weighted by Crippen LogP contribution is -2.54. The van der Waals surface area contributed by atoms with E-state index in [0.29, 0.717) is 12.1 Å². The van der Waals surface area contributed by atoms with Gasteiger partial charge in [0.1, 0.15) is 18.7 Å². The Morgan fingerprint density at radius 2 is 1.82 bits per heavy atom. The Labute approximate surface area is 240 Å². The summed E-state index contributed by atoms with van der Waals surface area (Å²) in [5, 5.41) is 6.08. The molecule has 1 N–H and O–H groups in total. The number of amides is 2. The number of benzene rings is 1. The van der Waals surface area contributed by atoms with Crippen molar-refractivity contribution in [3.63, 3.8) is 0 Å². The summed E-state index contributed by atoms with van der Waals surface area (Å²) in [4.78, 5) is 51.0. The van der Waals surface area contributed by atoms with Crippen molar-refractivity contribution in [2.75, 3.05) is 51.3 Å². The van der Waals surface area contributed by atoms with Gasteiger partial charge in [0.05, 0.1) is 11.8 Å². The van der Waals surface area contributed by atoms with Gasteiger partial charge in [0, 0.05) is 55.1 Å². The van der Waals surface area contributed by atoms with Gasteiger partial charge in [0.2, 0.25) is 5.91 Å². The number of Topliss-reactive ketones (excluding diaryl/α,β-unsaturated/α-hetero) is 1. The van der Waals surface area contributed by atoms with E-state index in [1.165, 1.54) is 0 Å². The number of anilines is 1. The number of ketones is 1. The van der Waals surface area contributed by atoms with Crippen LogP contribution in [0.25, 0.3) is 11.3 Å². The molecule has 0 spiro atoms.